The van der Waals surface area contributed by atoms with E-state index in [4.69, 9.17) is 5.26 Å². The maximum atomic E-state index is 12.3. The Labute approximate surface area is 134 Å². The van der Waals surface area contributed by atoms with Crippen LogP contribution >= 0.6 is 0 Å². The van der Waals surface area contributed by atoms with Crippen LogP contribution in [0.15, 0.2) is 67.0 Å². The first-order valence-electron chi connectivity index (χ1n) is 7.16. The first kappa shape index (κ1) is 14.6. The molecular formula is C19H13N3O. The molecule has 0 saturated heterocycles. The highest BCUT2D eigenvalue weighted by atomic mass is 16.1. The van der Waals surface area contributed by atoms with Gasteiger partial charge in [-0.2, -0.15) is 5.26 Å². The summed E-state index contributed by atoms with van der Waals surface area (Å²) < 4.78 is 0. The molecule has 2 aromatic heterocycles. The maximum absolute atomic E-state index is 12.3. The number of carbonyl (C=O) groups excluding carboxylic acids is 1. The van der Waals surface area contributed by atoms with Crippen molar-refractivity contribution in [3.63, 3.8) is 0 Å². The van der Waals surface area contributed by atoms with E-state index >= 15 is 0 Å². The minimum Gasteiger partial charge on any atom is -0.294 e. The van der Waals surface area contributed by atoms with Gasteiger partial charge >= 0.3 is 0 Å². The summed E-state index contributed by atoms with van der Waals surface area (Å²) >= 11 is 0. The molecule has 0 amide bonds. The maximum Gasteiger partial charge on any atom is 0.168 e. The molecular weight excluding hydrogens is 286 g/mol. The number of nitriles is 1. The first-order chi connectivity index (χ1) is 11.3. The molecule has 23 heavy (non-hydrogen) atoms. The van der Waals surface area contributed by atoms with E-state index in [0.717, 1.165) is 17.0 Å². The van der Waals surface area contributed by atoms with Crippen LogP contribution < -0.4 is 0 Å². The number of rotatable bonds is 4. The summed E-state index contributed by atoms with van der Waals surface area (Å²) in [4.78, 5) is 20.9. The zero-order valence-corrected chi connectivity index (χ0v) is 12.3. The van der Waals surface area contributed by atoms with Gasteiger partial charge in [-0.25, -0.2) is 0 Å². The Bertz CT molecular complexity index is 865. The van der Waals surface area contributed by atoms with Crippen LogP contribution in [-0.2, 0) is 6.42 Å². The fourth-order valence-electron chi connectivity index (χ4n) is 2.26. The SMILES string of the molecule is N#Cc1cccc(CC(=O)c2ccc(-c3ccccn3)nc2)c1. The lowest BCUT2D eigenvalue weighted by atomic mass is 10.0. The Kier molecular flexibility index (Phi) is 4.21. The van der Waals surface area contributed by atoms with Crippen LogP contribution in [0.4, 0.5) is 0 Å². The van der Waals surface area contributed by atoms with Crippen LogP contribution in [0.5, 0.6) is 0 Å². The van der Waals surface area contributed by atoms with E-state index in [-0.39, 0.29) is 12.2 Å². The number of hydrogen-bond acceptors (Lipinski definition) is 4. The molecule has 0 radical (unpaired) electrons. The number of carbonyl (C=O) groups is 1. The van der Waals surface area contributed by atoms with E-state index in [1.54, 1.807) is 42.7 Å². The molecule has 0 aliphatic rings. The lowest BCUT2D eigenvalue weighted by molar-refractivity contribution is 0.0992. The van der Waals surface area contributed by atoms with Crippen molar-refractivity contribution in [3.05, 3.63) is 83.7 Å². The molecule has 1 aromatic carbocycles. The lowest BCUT2D eigenvalue weighted by Gasteiger charge is -2.04. The molecule has 2 heterocycles. The summed E-state index contributed by atoms with van der Waals surface area (Å²) in [6, 6.07) is 18.3. The van der Waals surface area contributed by atoms with Crippen LogP contribution in [0, 0.1) is 11.3 Å². The molecule has 0 spiro atoms. The van der Waals surface area contributed by atoms with E-state index in [9.17, 15) is 4.79 Å². The van der Waals surface area contributed by atoms with Gasteiger partial charge in [0.15, 0.2) is 5.78 Å². The third kappa shape index (κ3) is 3.47. The van der Waals surface area contributed by atoms with Gasteiger partial charge in [0.05, 0.1) is 23.0 Å². The van der Waals surface area contributed by atoms with E-state index in [1.807, 2.05) is 24.3 Å². The number of nitrogens with zero attached hydrogens (tertiary/aromatic N) is 3. The zero-order valence-electron chi connectivity index (χ0n) is 12.3. The first-order valence-corrected chi connectivity index (χ1v) is 7.16. The summed E-state index contributed by atoms with van der Waals surface area (Å²) in [5, 5.41) is 8.90. The highest BCUT2D eigenvalue weighted by molar-refractivity contribution is 5.97. The second-order valence-corrected chi connectivity index (χ2v) is 5.06. The summed E-state index contributed by atoms with van der Waals surface area (Å²) in [7, 11) is 0. The molecule has 0 N–H and O–H groups in total. The number of pyridine rings is 2. The minimum atomic E-state index is -0.0276. The average Bonchev–Trinajstić information content (AvgIpc) is 2.63. The third-order valence-electron chi connectivity index (χ3n) is 3.43. The molecule has 3 aromatic rings. The topological polar surface area (TPSA) is 66.6 Å². The number of aromatic nitrogens is 2. The van der Waals surface area contributed by atoms with Crippen LogP contribution in [0.1, 0.15) is 21.5 Å². The fourth-order valence-corrected chi connectivity index (χ4v) is 2.26. The van der Waals surface area contributed by atoms with E-state index in [0.29, 0.717) is 11.1 Å². The smallest absolute Gasteiger partial charge is 0.168 e. The van der Waals surface area contributed by atoms with Crippen molar-refractivity contribution in [2.24, 2.45) is 0 Å². The van der Waals surface area contributed by atoms with Gasteiger partial charge < -0.3 is 0 Å². The molecule has 0 saturated carbocycles. The van der Waals surface area contributed by atoms with Crippen molar-refractivity contribution in [1.29, 1.82) is 5.26 Å². The van der Waals surface area contributed by atoms with Crippen LogP contribution in [0.25, 0.3) is 11.4 Å². The van der Waals surface area contributed by atoms with Crippen molar-refractivity contribution in [2.75, 3.05) is 0 Å². The van der Waals surface area contributed by atoms with Crippen molar-refractivity contribution in [1.82, 2.24) is 9.97 Å². The van der Waals surface area contributed by atoms with Gasteiger partial charge in [0.1, 0.15) is 0 Å². The molecule has 0 aliphatic heterocycles. The molecule has 3 rings (SSSR count). The summed E-state index contributed by atoms with van der Waals surface area (Å²) in [6.45, 7) is 0. The number of benzene rings is 1. The summed E-state index contributed by atoms with van der Waals surface area (Å²) in [5.41, 5.74) is 3.43. The molecule has 0 aliphatic carbocycles. The minimum absolute atomic E-state index is 0.0276. The molecule has 0 unspecified atom stereocenters. The second kappa shape index (κ2) is 6.63. The van der Waals surface area contributed by atoms with E-state index in [2.05, 4.69) is 16.0 Å². The van der Waals surface area contributed by atoms with Gasteiger partial charge in [-0.05, 0) is 42.0 Å². The molecule has 0 bridgehead atoms. The molecule has 4 heteroatoms. The lowest BCUT2D eigenvalue weighted by Crippen LogP contribution is -2.04. The largest absolute Gasteiger partial charge is 0.294 e. The number of hydrogen-bond donors (Lipinski definition) is 0. The Morgan fingerprint density at radius 1 is 1.00 bits per heavy atom. The summed E-state index contributed by atoms with van der Waals surface area (Å²) in [5.74, 6) is -0.0276. The standard InChI is InChI=1S/C19H13N3O/c20-12-15-5-3-4-14(10-15)11-19(23)16-7-8-18(22-13-16)17-6-1-2-9-21-17/h1-10,13H,11H2. The fraction of sp³-hybridized carbons (Fsp3) is 0.0526. The van der Waals surface area contributed by atoms with E-state index < -0.39 is 0 Å². The van der Waals surface area contributed by atoms with Crippen molar-refractivity contribution < 1.29 is 4.79 Å². The van der Waals surface area contributed by atoms with Gasteiger partial charge in [-0.3, -0.25) is 14.8 Å². The Hall–Kier alpha value is -3.32. The van der Waals surface area contributed by atoms with Gasteiger partial charge in [-0.1, -0.05) is 18.2 Å². The highest BCUT2D eigenvalue weighted by Crippen LogP contribution is 2.15. The average molecular weight is 299 g/mol. The Morgan fingerprint density at radius 3 is 2.57 bits per heavy atom. The quantitative estimate of drug-likeness (QED) is 0.692. The van der Waals surface area contributed by atoms with Crippen LogP contribution in [0.3, 0.4) is 0 Å². The Balaban J connectivity index is 1.77. The number of Topliss-reactive ketones (excluding diaryl/α,β-unsaturated/α-hetero) is 1. The van der Waals surface area contributed by atoms with Gasteiger partial charge in [0.2, 0.25) is 0 Å². The predicted molar refractivity (Wildman–Crippen MR) is 86.7 cm³/mol. The van der Waals surface area contributed by atoms with E-state index in [1.165, 1.54) is 0 Å². The summed E-state index contributed by atoms with van der Waals surface area (Å²) in [6.07, 6.45) is 3.53. The normalized spacial score (nSPS) is 10.0. The molecule has 0 atom stereocenters. The van der Waals surface area contributed by atoms with Gasteiger partial charge in [0.25, 0.3) is 0 Å². The molecule has 110 valence electrons. The zero-order chi connectivity index (χ0) is 16.1. The highest BCUT2D eigenvalue weighted by Gasteiger charge is 2.09. The number of ketones is 1. The predicted octanol–water partition coefficient (Wildman–Crippen LogP) is 3.44. The molecule has 4 nitrogen and oxygen atoms in total. The second-order valence-electron chi connectivity index (χ2n) is 5.06. The van der Waals surface area contributed by atoms with Gasteiger partial charge in [-0.15, -0.1) is 0 Å². The van der Waals surface area contributed by atoms with Crippen molar-refractivity contribution in [3.8, 4) is 17.5 Å². The van der Waals surface area contributed by atoms with Crippen LogP contribution in [0.2, 0.25) is 0 Å². The third-order valence-corrected chi connectivity index (χ3v) is 3.43. The van der Waals surface area contributed by atoms with Crippen molar-refractivity contribution >= 4 is 5.78 Å². The molecule has 0 fully saturated rings. The Morgan fingerprint density at radius 2 is 1.87 bits per heavy atom. The van der Waals surface area contributed by atoms with Crippen LogP contribution in [-0.4, -0.2) is 15.8 Å². The monoisotopic (exact) mass is 299 g/mol. The van der Waals surface area contributed by atoms with Gasteiger partial charge in [0, 0.05) is 24.4 Å². The van der Waals surface area contributed by atoms with Crippen molar-refractivity contribution in [2.45, 2.75) is 6.42 Å².